The highest BCUT2D eigenvalue weighted by atomic mass is 16.2. The minimum atomic E-state index is -0.173. The molecule has 1 N–H and O–H groups in total. The first-order chi connectivity index (χ1) is 12.2. The van der Waals surface area contributed by atoms with Gasteiger partial charge in [0, 0.05) is 25.6 Å². The highest BCUT2D eigenvalue weighted by Crippen LogP contribution is 2.25. The molecule has 1 atom stereocenters. The minimum Gasteiger partial charge on any atom is -0.341 e. The Balaban J connectivity index is 1.76. The average Bonchev–Trinajstić information content (AvgIpc) is 3.11. The molecule has 1 saturated heterocycles. The third kappa shape index (κ3) is 3.99. The summed E-state index contributed by atoms with van der Waals surface area (Å²) in [4.78, 5) is 28.3. The lowest BCUT2D eigenvalue weighted by atomic mass is 10.2. The summed E-state index contributed by atoms with van der Waals surface area (Å²) < 4.78 is 0. The fourth-order valence-electron chi connectivity index (χ4n) is 3.11. The Kier molecular flexibility index (Phi) is 5.33. The highest BCUT2D eigenvalue weighted by molar-refractivity contribution is 5.99. The number of amides is 3. The standard InChI is InChI=1S/C20H23N3O2/c1-2-19(24)22-14-13-16(15-22)21-20(25)23(17-9-5-3-6-10-17)18-11-7-4-8-12-18/h3-12,16H,2,13-15H2,1H3,(H,21,25)/t16-/m1/s1. The van der Waals surface area contributed by atoms with Crippen LogP contribution in [-0.2, 0) is 4.79 Å². The van der Waals surface area contributed by atoms with Crippen molar-refractivity contribution >= 4 is 23.3 Å². The lowest BCUT2D eigenvalue weighted by Gasteiger charge is -2.25. The number of benzene rings is 2. The van der Waals surface area contributed by atoms with Crippen LogP contribution in [0.15, 0.2) is 60.7 Å². The topological polar surface area (TPSA) is 52.7 Å². The van der Waals surface area contributed by atoms with Gasteiger partial charge >= 0.3 is 6.03 Å². The van der Waals surface area contributed by atoms with Crippen molar-refractivity contribution in [2.75, 3.05) is 18.0 Å². The van der Waals surface area contributed by atoms with Crippen molar-refractivity contribution in [3.05, 3.63) is 60.7 Å². The molecule has 0 spiro atoms. The van der Waals surface area contributed by atoms with Gasteiger partial charge in [-0.1, -0.05) is 43.3 Å². The van der Waals surface area contributed by atoms with Crippen LogP contribution in [0.2, 0.25) is 0 Å². The zero-order valence-corrected chi connectivity index (χ0v) is 14.4. The number of hydrogen-bond donors (Lipinski definition) is 1. The first-order valence-corrected chi connectivity index (χ1v) is 8.67. The van der Waals surface area contributed by atoms with Gasteiger partial charge in [0.25, 0.3) is 0 Å². The first kappa shape index (κ1) is 17.0. The van der Waals surface area contributed by atoms with Gasteiger partial charge < -0.3 is 10.2 Å². The summed E-state index contributed by atoms with van der Waals surface area (Å²) in [7, 11) is 0. The summed E-state index contributed by atoms with van der Waals surface area (Å²) in [5, 5.41) is 3.08. The van der Waals surface area contributed by atoms with E-state index in [2.05, 4.69) is 5.32 Å². The van der Waals surface area contributed by atoms with Crippen LogP contribution in [0.3, 0.4) is 0 Å². The Bertz CT molecular complexity index is 679. The summed E-state index contributed by atoms with van der Waals surface area (Å²) in [5.74, 6) is 0.139. The first-order valence-electron chi connectivity index (χ1n) is 8.67. The molecule has 25 heavy (non-hydrogen) atoms. The Morgan fingerprint density at radius 2 is 1.60 bits per heavy atom. The summed E-state index contributed by atoms with van der Waals surface area (Å²) in [6.07, 6.45) is 1.29. The van der Waals surface area contributed by atoms with Gasteiger partial charge in [0.1, 0.15) is 0 Å². The monoisotopic (exact) mass is 337 g/mol. The number of rotatable bonds is 4. The molecule has 0 aromatic heterocycles. The largest absolute Gasteiger partial charge is 0.341 e. The predicted molar refractivity (Wildman–Crippen MR) is 98.8 cm³/mol. The number of nitrogens with one attached hydrogen (secondary N) is 1. The van der Waals surface area contributed by atoms with E-state index >= 15 is 0 Å². The number of carbonyl (C=O) groups is 2. The molecule has 0 saturated carbocycles. The fourth-order valence-corrected chi connectivity index (χ4v) is 3.11. The van der Waals surface area contributed by atoms with Crippen LogP contribution in [0.1, 0.15) is 19.8 Å². The molecule has 2 aromatic carbocycles. The van der Waals surface area contributed by atoms with Gasteiger partial charge in [0.2, 0.25) is 5.91 Å². The number of urea groups is 1. The SMILES string of the molecule is CCC(=O)N1CC[C@@H](NC(=O)N(c2ccccc2)c2ccccc2)C1. The molecule has 0 aliphatic carbocycles. The van der Waals surface area contributed by atoms with Crippen LogP contribution in [0.25, 0.3) is 0 Å². The molecule has 1 aliphatic heterocycles. The smallest absolute Gasteiger partial charge is 0.326 e. The van der Waals surface area contributed by atoms with Crippen molar-refractivity contribution in [1.29, 1.82) is 0 Å². The van der Waals surface area contributed by atoms with E-state index in [9.17, 15) is 9.59 Å². The van der Waals surface area contributed by atoms with Crippen LogP contribution in [-0.4, -0.2) is 36.0 Å². The molecule has 3 amide bonds. The third-order valence-electron chi connectivity index (χ3n) is 4.40. The van der Waals surface area contributed by atoms with Gasteiger partial charge in [-0.25, -0.2) is 4.79 Å². The second kappa shape index (κ2) is 7.83. The van der Waals surface area contributed by atoms with Crippen molar-refractivity contribution in [1.82, 2.24) is 10.2 Å². The highest BCUT2D eigenvalue weighted by Gasteiger charge is 2.28. The van der Waals surface area contributed by atoms with Gasteiger partial charge in [-0.2, -0.15) is 0 Å². The zero-order chi connectivity index (χ0) is 17.6. The van der Waals surface area contributed by atoms with E-state index in [0.29, 0.717) is 19.5 Å². The number of hydrogen-bond acceptors (Lipinski definition) is 2. The molecule has 3 rings (SSSR count). The number of para-hydroxylation sites is 2. The van der Waals surface area contributed by atoms with Gasteiger partial charge in [-0.15, -0.1) is 0 Å². The Hall–Kier alpha value is -2.82. The van der Waals surface area contributed by atoms with E-state index in [0.717, 1.165) is 17.8 Å². The summed E-state index contributed by atoms with van der Waals surface area (Å²) in [6.45, 7) is 3.14. The van der Waals surface area contributed by atoms with Gasteiger partial charge in [0.15, 0.2) is 0 Å². The van der Waals surface area contributed by atoms with Crippen molar-refractivity contribution < 1.29 is 9.59 Å². The van der Waals surface area contributed by atoms with Crippen molar-refractivity contribution in [2.45, 2.75) is 25.8 Å². The number of anilines is 2. The summed E-state index contributed by atoms with van der Waals surface area (Å²) in [6, 6.07) is 19.0. The van der Waals surface area contributed by atoms with Crippen LogP contribution < -0.4 is 10.2 Å². The molecule has 1 heterocycles. The molecule has 0 unspecified atom stereocenters. The lowest BCUT2D eigenvalue weighted by molar-refractivity contribution is -0.129. The molecular formula is C20H23N3O2. The Morgan fingerprint density at radius 3 is 2.12 bits per heavy atom. The van der Waals surface area contributed by atoms with Gasteiger partial charge in [-0.05, 0) is 30.7 Å². The molecule has 1 fully saturated rings. The molecule has 130 valence electrons. The van der Waals surface area contributed by atoms with Crippen LogP contribution >= 0.6 is 0 Å². The second-order valence-corrected chi connectivity index (χ2v) is 6.13. The van der Waals surface area contributed by atoms with E-state index in [4.69, 9.17) is 0 Å². The molecule has 5 nitrogen and oxygen atoms in total. The van der Waals surface area contributed by atoms with E-state index in [1.165, 1.54) is 0 Å². The molecule has 1 aliphatic rings. The van der Waals surface area contributed by atoms with E-state index in [1.807, 2.05) is 72.5 Å². The quantitative estimate of drug-likeness (QED) is 0.928. The van der Waals surface area contributed by atoms with Crippen molar-refractivity contribution in [3.63, 3.8) is 0 Å². The molecule has 0 bridgehead atoms. The van der Waals surface area contributed by atoms with E-state index < -0.39 is 0 Å². The van der Waals surface area contributed by atoms with E-state index in [-0.39, 0.29) is 18.0 Å². The summed E-state index contributed by atoms with van der Waals surface area (Å²) in [5.41, 5.74) is 1.62. The molecular weight excluding hydrogens is 314 g/mol. The maximum absolute atomic E-state index is 13.0. The predicted octanol–water partition coefficient (Wildman–Crippen LogP) is 3.55. The normalized spacial score (nSPS) is 16.5. The second-order valence-electron chi connectivity index (χ2n) is 6.13. The zero-order valence-electron chi connectivity index (χ0n) is 14.4. The van der Waals surface area contributed by atoms with Crippen LogP contribution in [0.4, 0.5) is 16.2 Å². The third-order valence-corrected chi connectivity index (χ3v) is 4.40. The Morgan fingerprint density at radius 1 is 1.04 bits per heavy atom. The maximum atomic E-state index is 13.0. The van der Waals surface area contributed by atoms with Crippen molar-refractivity contribution in [2.24, 2.45) is 0 Å². The van der Waals surface area contributed by atoms with Crippen LogP contribution in [0, 0.1) is 0 Å². The fraction of sp³-hybridized carbons (Fsp3) is 0.300. The summed E-state index contributed by atoms with van der Waals surface area (Å²) >= 11 is 0. The number of nitrogens with zero attached hydrogens (tertiary/aromatic N) is 2. The van der Waals surface area contributed by atoms with Crippen LogP contribution in [0.5, 0.6) is 0 Å². The number of carbonyl (C=O) groups excluding carboxylic acids is 2. The lowest BCUT2D eigenvalue weighted by Crippen LogP contribution is -2.44. The van der Waals surface area contributed by atoms with E-state index in [1.54, 1.807) is 4.90 Å². The minimum absolute atomic E-state index is 0.0158. The average molecular weight is 337 g/mol. The molecule has 0 radical (unpaired) electrons. The van der Waals surface area contributed by atoms with Gasteiger partial charge in [-0.3, -0.25) is 9.69 Å². The number of likely N-dealkylation sites (tertiary alicyclic amines) is 1. The molecule has 2 aromatic rings. The Labute approximate surface area is 148 Å². The molecule has 5 heteroatoms. The van der Waals surface area contributed by atoms with Crippen molar-refractivity contribution in [3.8, 4) is 0 Å². The maximum Gasteiger partial charge on any atom is 0.326 e. The van der Waals surface area contributed by atoms with Gasteiger partial charge in [0.05, 0.1) is 11.4 Å².